The molecule has 3 aromatic rings. The van der Waals surface area contributed by atoms with Gasteiger partial charge >= 0.3 is 5.97 Å². The van der Waals surface area contributed by atoms with Crippen LogP contribution in [0.2, 0.25) is 5.02 Å². The molecule has 0 radical (unpaired) electrons. The summed E-state index contributed by atoms with van der Waals surface area (Å²) in [5.74, 6) is 0.742. The number of allylic oxidation sites excluding steroid dienone is 1. The van der Waals surface area contributed by atoms with Crippen molar-refractivity contribution < 1.29 is 19.0 Å². The Morgan fingerprint density at radius 3 is 2.81 bits per heavy atom. The van der Waals surface area contributed by atoms with Gasteiger partial charge in [0.15, 0.2) is 16.3 Å². The van der Waals surface area contributed by atoms with Crippen molar-refractivity contribution in [3.8, 4) is 11.5 Å². The molecule has 32 heavy (non-hydrogen) atoms. The van der Waals surface area contributed by atoms with E-state index in [0.717, 1.165) is 5.56 Å². The monoisotopic (exact) mass is 468 g/mol. The van der Waals surface area contributed by atoms with E-state index in [2.05, 4.69) is 4.99 Å². The van der Waals surface area contributed by atoms with Gasteiger partial charge in [-0.1, -0.05) is 47.2 Å². The first-order chi connectivity index (χ1) is 15.5. The normalized spacial score (nSPS) is 17.2. The molecule has 0 fully saturated rings. The Morgan fingerprint density at radius 2 is 2.03 bits per heavy atom. The number of fused-ring (bicyclic) bond motifs is 2. The lowest BCUT2D eigenvalue weighted by atomic mass is 9.96. The lowest BCUT2D eigenvalue weighted by Crippen LogP contribution is -2.39. The number of esters is 1. The first kappa shape index (κ1) is 20.5. The van der Waals surface area contributed by atoms with Gasteiger partial charge in [-0.2, -0.15) is 0 Å². The Hall–Kier alpha value is -3.36. The SMILES string of the molecule is COC(=O)C1=C(C)N=c2s/c(=C/c3ccc4c(c3)OCO4)c(=O)n2[C@H]1c1ccccc1Cl. The first-order valence-corrected chi connectivity index (χ1v) is 10.9. The summed E-state index contributed by atoms with van der Waals surface area (Å²) in [4.78, 5) is 31.2. The molecule has 0 N–H and O–H groups in total. The summed E-state index contributed by atoms with van der Waals surface area (Å²) in [6.45, 7) is 1.90. The van der Waals surface area contributed by atoms with E-state index in [0.29, 0.717) is 37.1 Å². The lowest BCUT2D eigenvalue weighted by molar-refractivity contribution is -0.136. The highest BCUT2D eigenvalue weighted by Crippen LogP contribution is 2.35. The third-order valence-corrected chi connectivity index (χ3v) is 6.65. The summed E-state index contributed by atoms with van der Waals surface area (Å²) in [7, 11) is 1.30. The van der Waals surface area contributed by atoms with Gasteiger partial charge in [0, 0.05) is 5.02 Å². The van der Waals surface area contributed by atoms with Crippen LogP contribution in [0.1, 0.15) is 24.1 Å². The van der Waals surface area contributed by atoms with E-state index in [1.165, 1.54) is 23.0 Å². The summed E-state index contributed by atoms with van der Waals surface area (Å²) in [6.07, 6.45) is 1.77. The highest BCUT2D eigenvalue weighted by atomic mass is 35.5. The zero-order valence-electron chi connectivity index (χ0n) is 17.1. The van der Waals surface area contributed by atoms with Crippen molar-refractivity contribution >= 4 is 35.0 Å². The summed E-state index contributed by atoms with van der Waals surface area (Å²) >= 11 is 7.72. The molecule has 162 valence electrons. The molecular weight excluding hydrogens is 452 g/mol. The molecule has 2 aromatic carbocycles. The number of methoxy groups -OCH3 is 1. The summed E-state index contributed by atoms with van der Waals surface area (Å²) in [5.41, 5.74) is 1.91. The number of nitrogens with zero attached hydrogens (tertiary/aromatic N) is 2. The summed E-state index contributed by atoms with van der Waals surface area (Å²) < 4.78 is 17.8. The third kappa shape index (κ3) is 3.32. The number of aromatic nitrogens is 1. The molecule has 0 unspecified atom stereocenters. The summed E-state index contributed by atoms with van der Waals surface area (Å²) in [6, 6.07) is 11.9. The summed E-state index contributed by atoms with van der Waals surface area (Å²) in [5, 5.41) is 0.443. The van der Waals surface area contributed by atoms with Crippen LogP contribution in [0.15, 0.2) is 63.5 Å². The van der Waals surface area contributed by atoms with Gasteiger partial charge < -0.3 is 14.2 Å². The van der Waals surface area contributed by atoms with E-state index < -0.39 is 12.0 Å². The van der Waals surface area contributed by atoms with Gasteiger partial charge in [-0.25, -0.2) is 9.79 Å². The topological polar surface area (TPSA) is 79.1 Å². The smallest absolute Gasteiger partial charge is 0.338 e. The van der Waals surface area contributed by atoms with Crippen LogP contribution >= 0.6 is 22.9 Å². The van der Waals surface area contributed by atoms with Crippen molar-refractivity contribution in [3.05, 3.63) is 89.6 Å². The van der Waals surface area contributed by atoms with E-state index in [-0.39, 0.29) is 17.9 Å². The fourth-order valence-electron chi connectivity index (χ4n) is 3.84. The van der Waals surface area contributed by atoms with E-state index in [4.69, 9.17) is 25.8 Å². The van der Waals surface area contributed by atoms with Crippen LogP contribution in [-0.4, -0.2) is 24.4 Å². The highest BCUT2D eigenvalue weighted by molar-refractivity contribution is 7.07. The van der Waals surface area contributed by atoms with Crippen molar-refractivity contribution in [1.29, 1.82) is 0 Å². The van der Waals surface area contributed by atoms with Crippen LogP contribution in [0.4, 0.5) is 0 Å². The van der Waals surface area contributed by atoms with E-state index in [9.17, 15) is 9.59 Å². The van der Waals surface area contributed by atoms with E-state index >= 15 is 0 Å². The zero-order valence-corrected chi connectivity index (χ0v) is 18.7. The minimum absolute atomic E-state index is 0.175. The minimum Gasteiger partial charge on any atom is -0.466 e. The molecular formula is C23H17ClN2O5S. The van der Waals surface area contributed by atoms with Crippen molar-refractivity contribution in [2.45, 2.75) is 13.0 Å². The third-order valence-electron chi connectivity index (χ3n) is 5.32. The van der Waals surface area contributed by atoms with Gasteiger partial charge in [0.25, 0.3) is 5.56 Å². The second kappa shape index (κ2) is 7.96. The van der Waals surface area contributed by atoms with Gasteiger partial charge in [0.2, 0.25) is 6.79 Å². The second-order valence-corrected chi connectivity index (χ2v) is 8.62. The van der Waals surface area contributed by atoms with Crippen LogP contribution in [0.3, 0.4) is 0 Å². The molecule has 0 bridgehead atoms. The Morgan fingerprint density at radius 1 is 1.25 bits per heavy atom. The number of carbonyl (C=O) groups excluding carboxylic acids is 1. The van der Waals surface area contributed by atoms with Crippen molar-refractivity contribution in [3.63, 3.8) is 0 Å². The van der Waals surface area contributed by atoms with Gasteiger partial charge in [-0.05, 0) is 42.3 Å². The molecule has 2 aliphatic heterocycles. The predicted octanol–water partition coefficient (Wildman–Crippen LogP) is 2.79. The largest absolute Gasteiger partial charge is 0.466 e. The predicted molar refractivity (Wildman–Crippen MR) is 120 cm³/mol. The van der Waals surface area contributed by atoms with Crippen LogP contribution in [0.25, 0.3) is 6.08 Å². The number of hydrogen-bond acceptors (Lipinski definition) is 7. The molecule has 1 atom stereocenters. The second-order valence-electron chi connectivity index (χ2n) is 7.21. The van der Waals surface area contributed by atoms with Crippen LogP contribution in [0.5, 0.6) is 11.5 Å². The number of ether oxygens (including phenoxy) is 3. The Labute approximate surface area is 191 Å². The number of benzene rings is 2. The standard InChI is InChI=1S/C23H17ClN2O5S/c1-12-19(22(28)29-2)20(14-5-3-4-6-15(14)24)26-21(27)18(32-23(26)25-12)10-13-7-8-16-17(9-13)31-11-30-16/h3-10,20H,11H2,1-2H3/b18-10+/t20-/m0/s1. The first-order valence-electron chi connectivity index (χ1n) is 9.73. The number of hydrogen-bond donors (Lipinski definition) is 0. The van der Waals surface area contributed by atoms with Crippen LogP contribution in [0, 0.1) is 0 Å². The fraction of sp³-hybridized carbons (Fsp3) is 0.174. The van der Waals surface area contributed by atoms with Gasteiger partial charge in [-0.3, -0.25) is 9.36 Å². The number of thiazole rings is 1. The highest BCUT2D eigenvalue weighted by Gasteiger charge is 2.34. The molecule has 2 aliphatic rings. The molecule has 9 heteroatoms. The maximum absolute atomic E-state index is 13.5. The minimum atomic E-state index is -0.744. The van der Waals surface area contributed by atoms with Gasteiger partial charge in [0.05, 0.1) is 22.9 Å². The van der Waals surface area contributed by atoms with Crippen molar-refractivity contribution in [2.24, 2.45) is 4.99 Å². The molecule has 0 amide bonds. The fourth-order valence-corrected chi connectivity index (χ4v) is 5.12. The Bertz CT molecular complexity index is 1470. The van der Waals surface area contributed by atoms with E-state index in [1.54, 1.807) is 37.3 Å². The molecule has 0 aliphatic carbocycles. The zero-order chi connectivity index (χ0) is 22.4. The van der Waals surface area contributed by atoms with Crippen LogP contribution in [-0.2, 0) is 9.53 Å². The number of halogens is 1. The van der Waals surface area contributed by atoms with Crippen LogP contribution < -0.4 is 24.4 Å². The van der Waals surface area contributed by atoms with Crippen molar-refractivity contribution in [1.82, 2.24) is 4.57 Å². The molecule has 1 aromatic heterocycles. The number of carbonyl (C=O) groups is 1. The van der Waals surface area contributed by atoms with Gasteiger partial charge in [-0.15, -0.1) is 0 Å². The average Bonchev–Trinajstić information content (AvgIpc) is 3.37. The number of rotatable bonds is 3. The maximum Gasteiger partial charge on any atom is 0.338 e. The maximum atomic E-state index is 13.5. The van der Waals surface area contributed by atoms with Gasteiger partial charge in [0.1, 0.15) is 6.04 Å². The molecule has 0 spiro atoms. The lowest BCUT2D eigenvalue weighted by Gasteiger charge is -2.25. The molecule has 0 saturated heterocycles. The molecule has 3 heterocycles. The van der Waals surface area contributed by atoms with E-state index in [1.807, 2.05) is 18.2 Å². The Balaban J connectivity index is 1.73. The molecule has 5 rings (SSSR count). The Kier molecular flexibility index (Phi) is 5.11. The average molecular weight is 469 g/mol. The van der Waals surface area contributed by atoms with Crippen molar-refractivity contribution in [2.75, 3.05) is 13.9 Å². The molecule has 0 saturated carbocycles. The molecule has 7 nitrogen and oxygen atoms in total. The quantitative estimate of drug-likeness (QED) is 0.552.